The molecule has 72 valence electrons. The number of pyridine rings is 1. The summed E-state index contributed by atoms with van der Waals surface area (Å²) in [7, 11) is 0. The molecule has 0 amide bonds. The van der Waals surface area contributed by atoms with E-state index in [0.29, 0.717) is 6.42 Å². The van der Waals surface area contributed by atoms with Gasteiger partial charge in [-0.25, -0.2) is 0 Å². The summed E-state index contributed by atoms with van der Waals surface area (Å²) in [6.45, 7) is 0.176. The second-order valence-electron chi connectivity index (χ2n) is 3.11. The number of nitrogens with zero attached hydrogens (tertiary/aromatic N) is 1. The molecule has 2 nitrogen and oxygen atoms in total. The molecule has 2 aromatic rings. The number of fused-ring (bicyclic) bond motifs is 1. The molecule has 0 aliphatic rings. The molecule has 0 unspecified atom stereocenters. The molecule has 0 aliphatic carbocycles. The van der Waals surface area contributed by atoms with Crippen molar-refractivity contribution < 1.29 is 5.11 Å². The Bertz CT molecular complexity index is 456. The molecule has 2 rings (SSSR count). The van der Waals surface area contributed by atoms with E-state index in [1.54, 1.807) is 6.20 Å². The van der Waals surface area contributed by atoms with Gasteiger partial charge < -0.3 is 5.11 Å². The number of aliphatic hydroxyl groups is 1. The SMILES string of the molecule is OCCc1ccnc2cc(Br)ccc12. The van der Waals surface area contributed by atoms with Crippen LogP contribution in [0.25, 0.3) is 10.9 Å². The first-order valence-corrected chi connectivity index (χ1v) is 5.24. The number of hydrogen-bond donors (Lipinski definition) is 1. The maximum atomic E-state index is 8.90. The van der Waals surface area contributed by atoms with Crippen molar-refractivity contribution in [1.82, 2.24) is 4.98 Å². The van der Waals surface area contributed by atoms with E-state index in [9.17, 15) is 0 Å². The highest BCUT2D eigenvalue weighted by Gasteiger charge is 2.01. The standard InChI is InChI=1S/C11H10BrNO/c12-9-1-2-10-8(4-6-14)3-5-13-11(10)7-9/h1-3,5,7,14H,4,6H2. The van der Waals surface area contributed by atoms with Crippen molar-refractivity contribution >= 4 is 26.8 Å². The van der Waals surface area contributed by atoms with Gasteiger partial charge in [-0.3, -0.25) is 4.98 Å². The van der Waals surface area contributed by atoms with E-state index in [-0.39, 0.29) is 6.61 Å². The molecule has 0 aliphatic heterocycles. The average molecular weight is 252 g/mol. The van der Waals surface area contributed by atoms with E-state index in [4.69, 9.17) is 5.11 Å². The fourth-order valence-electron chi connectivity index (χ4n) is 1.52. The molecule has 0 atom stereocenters. The molecular formula is C11H10BrNO. The Labute approximate surface area is 90.7 Å². The summed E-state index contributed by atoms with van der Waals surface area (Å²) in [5.41, 5.74) is 2.11. The number of aliphatic hydroxyl groups excluding tert-OH is 1. The lowest BCUT2D eigenvalue weighted by atomic mass is 10.1. The van der Waals surface area contributed by atoms with Gasteiger partial charge in [0.2, 0.25) is 0 Å². The van der Waals surface area contributed by atoms with Crippen LogP contribution in [0.3, 0.4) is 0 Å². The Hall–Kier alpha value is -0.930. The minimum Gasteiger partial charge on any atom is -0.396 e. The molecule has 0 saturated heterocycles. The highest BCUT2D eigenvalue weighted by Crippen LogP contribution is 2.21. The van der Waals surface area contributed by atoms with Gasteiger partial charge in [0.25, 0.3) is 0 Å². The van der Waals surface area contributed by atoms with Crippen LogP contribution in [-0.4, -0.2) is 16.7 Å². The monoisotopic (exact) mass is 251 g/mol. The third-order valence-electron chi connectivity index (χ3n) is 2.18. The van der Waals surface area contributed by atoms with Crippen LogP contribution in [0, 0.1) is 0 Å². The van der Waals surface area contributed by atoms with Gasteiger partial charge in [-0.05, 0) is 30.2 Å². The first-order valence-electron chi connectivity index (χ1n) is 4.45. The number of benzene rings is 1. The Morgan fingerprint density at radius 2 is 2.14 bits per heavy atom. The van der Waals surface area contributed by atoms with E-state index < -0.39 is 0 Å². The molecule has 1 heterocycles. The molecule has 0 radical (unpaired) electrons. The highest BCUT2D eigenvalue weighted by molar-refractivity contribution is 9.10. The highest BCUT2D eigenvalue weighted by atomic mass is 79.9. The first kappa shape index (κ1) is 9.62. The lowest BCUT2D eigenvalue weighted by Gasteiger charge is -2.04. The van der Waals surface area contributed by atoms with Gasteiger partial charge in [-0.2, -0.15) is 0 Å². The minimum atomic E-state index is 0.176. The molecule has 0 spiro atoms. The van der Waals surface area contributed by atoms with Crippen molar-refractivity contribution in [2.75, 3.05) is 6.61 Å². The van der Waals surface area contributed by atoms with Crippen LogP contribution >= 0.6 is 15.9 Å². The van der Waals surface area contributed by atoms with Crippen LogP contribution in [-0.2, 0) is 6.42 Å². The van der Waals surface area contributed by atoms with E-state index in [1.807, 2.05) is 24.3 Å². The van der Waals surface area contributed by atoms with Crippen LogP contribution in [0.2, 0.25) is 0 Å². The molecule has 0 bridgehead atoms. The number of halogens is 1. The number of rotatable bonds is 2. The molecule has 0 saturated carbocycles. The lowest BCUT2D eigenvalue weighted by molar-refractivity contribution is 0.300. The summed E-state index contributed by atoms with van der Waals surface area (Å²) in [5.74, 6) is 0. The normalized spacial score (nSPS) is 10.7. The third-order valence-corrected chi connectivity index (χ3v) is 2.67. The molecule has 1 aromatic carbocycles. The lowest BCUT2D eigenvalue weighted by Crippen LogP contribution is -1.92. The van der Waals surface area contributed by atoms with Crippen molar-refractivity contribution in [2.24, 2.45) is 0 Å². The van der Waals surface area contributed by atoms with Gasteiger partial charge in [0.15, 0.2) is 0 Å². The van der Waals surface area contributed by atoms with E-state index in [1.165, 1.54) is 0 Å². The smallest absolute Gasteiger partial charge is 0.0715 e. The molecule has 14 heavy (non-hydrogen) atoms. The summed E-state index contributed by atoms with van der Waals surface area (Å²) in [5, 5.41) is 10.0. The number of hydrogen-bond acceptors (Lipinski definition) is 2. The van der Waals surface area contributed by atoms with Gasteiger partial charge in [-0.15, -0.1) is 0 Å². The van der Waals surface area contributed by atoms with Crippen molar-refractivity contribution in [1.29, 1.82) is 0 Å². The summed E-state index contributed by atoms with van der Waals surface area (Å²) in [6.07, 6.45) is 2.46. The van der Waals surface area contributed by atoms with Gasteiger partial charge in [0.05, 0.1) is 5.52 Å². The summed E-state index contributed by atoms with van der Waals surface area (Å²) in [6, 6.07) is 7.95. The molecule has 0 fully saturated rings. The van der Waals surface area contributed by atoms with Gasteiger partial charge in [-0.1, -0.05) is 22.0 Å². The summed E-state index contributed by atoms with van der Waals surface area (Å²) < 4.78 is 1.03. The third kappa shape index (κ3) is 1.79. The zero-order valence-electron chi connectivity index (χ0n) is 7.57. The Balaban J connectivity index is 2.62. The van der Waals surface area contributed by atoms with Crippen LogP contribution in [0.5, 0.6) is 0 Å². The fraction of sp³-hybridized carbons (Fsp3) is 0.182. The first-order chi connectivity index (χ1) is 6.81. The minimum absolute atomic E-state index is 0.176. The Morgan fingerprint density at radius 3 is 2.93 bits per heavy atom. The predicted octanol–water partition coefficient (Wildman–Crippen LogP) is 2.53. The second-order valence-corrected chi connectivity index (χ2v) is 4.02. The van der Waals surface area contributed by atoms with Crippen molar-refractivity contribution in [3.8, 4) is 0 Å². The number of aromatic nitrogens is 1. The Morgan fingerprint density at radius 1 is 1.29 bits per heavy atom. The fourth-order valence-corrected chi connectivity index (χ4v) is 1.87. The largest absolute Gasteiger partial charge is 0.396 e. The average Bonchev–Trinajstić information content (AvgIpc) is 2.18. The maximum Gasteiger partial charge on any atom is 0.0715 e. The zero-order chi connectivity index (χ0) is 9.97. The van der Waals surface area contributed by atoms with Crippen molar-refractivity contribution in [3.63, 3.8) is 0 Å². The van der Waals surface area contributed by atoms with Crippen molar-refractivity contribution in [2.45, 2.75) is 6.42 Å². The van der Waals surface area contributed by atoms with E-state index >= 15 is 0 Å². The topological polar surface area (TPSA) is 33.1 Å². The maximum absolute atomic E-state index is 8.90. The van der Waals surface area contributed by atoms with Gasteiger partial charge in [0.1, 0.15) is 0 Å². The molecule has 3 heteroatoms. The molecule has 1 aromatic heterocycles. The summed E-state index contributed by atoms with van der Waals surface area (Å²) >= 11 is 3.41. The quantitative estimate of drug-likeness (QED) is 0.890. The second kappa shape index (κ2) is 4.07. The van der Waals surface area contributed by atoms with Crippen LogP contribution < -0.4 is 0 Å². The predicted molar refractivity (Wildman–Crippen MR) is 60.2 cm³/mol. The molecular weight excluding hydrogens is 242 g/mol. The van der Waals surface area contributed by atoms with Gasteiger partial charge >= 0.3 is 0 Å². The van der Waals surface area contributed by atoms with Gasteiger partial charge in [0, 0.05) is 22.7 Å². The zero-order valence-corrected chi connectivity index (χ0v) is 9.16. The van der Waals surface area contributed by atoms with Crippen LogP contribution in [0.15, 0.2) is 34.9 Å². The summed E-state index contributed by atoms with van der Waals surface area (Å²) in [4.78, 5) is 4.27. The van der Waals surface area contributed by atoms with Crippen molar-refractivity contribution in [3.05, 3.63) is 40.5 Å². The van der Waals surface area contributed by atoms with Crippen LogP contribution in [0.4, 0.5) is 0 Å². The van der Waals surface area contributed by atoms with Crippen LogP contribution in [0.1, 0.15) is 5.56 Å². The van der Waals surface area contributed by atoms with E-state index in [0.717, 1.165) is 20.9 Å². The Kier molecular flexibility index (Phi) is 2.79. The van der Waals surface area contributed by atoms with E-state index in [2.05, 4.69) is 20.9 Å². The molecule has 1 N–H and O–H groups in total.